The summed E-state index contributed by atoms with van der Waals surface area (Å²) in [5.41, 5.74) is 0.572. The maximum absolute atomic E-state index is 13.1. The van der Waals surface area contributed by atoms with Crippen molar-refractivity contribution in [3.05, 3.63) is 29.1 Å². The number of methoxy groups -OCH3 is 1. The first-order valence-corrected chi connectivity index (χ1v) is 3.87. The second-order valence-corrected chi connectivity index (χ2v) is 2.55. The third kappa shape index (κ3) is 1.65. The van der Waals surface area contributed by atoms with Crippen LogP contribution in [-0.2, 0) is 6.42 Å². The number of rotatable bonds is 2. The van der Waals surface area contributed by atoms with Gasteiger partial charge in [0.15, 0.2) is 11.6 Å². The van der Waals surface area contributed by atoms with Crippen molar-refractivity contribution >= 4 is 0 Å². The lowest BCUT2D eigenvalue weighted by Gasteiger charge is -2.07. The minimum absolute atomic E-state index is 0.0226. The van der Waals surface area contributed by atoms with Crippen LogP contribution >= 0.6 is 0 Å². The van der Waals surface area contributed by atoms with Crippen molar-refractivity contribution in [2.24, 2.45) is 0 Å². The Kier molecular flexibility index (Phi) is 3.04. The second-order valence-electron chi connectivity index (χ2n) is 2.55. The molecule has 1 rings (SSSR count). The molecule has 0 saturated carbocycles. The Hall–Kier alpha value is -2.07. The van der Waals surface area contributed by atoms with Gasteiger partial charge in [-0.1, -0.05) is 0 Å². The minimum Gasteiger partial charge on any atom is -0.493 e. The zero-order valence-corrected chi connectivity index (χ0v) is 7.54. The molecule has 0 aliphatic heterocycles. The quantitative estimate of drug-likeness (QED) is 0.714. The molecule has 0 aliphatic rings. The Morgan fingerprint density at radius 3 is 2.64 bits per heavy atom. The fourth-order valence-electron chi connectivity index (χ4n) is 1.18. The Morgan fingerprint density at radius 1 is 1.43 bits per heavy atom. The van der Waals surface area contributed by atoms with E-state index in [1.807, 2.05) is 12.1 Å². The second kappa shape index (κ2) is 4.25. The standard InChI is InChI=1S/C10H7FN2O/c1-14-10-8(4-5-12)7(6-13)2-3-9(10)11/h2-3H,4H2,1H3. The highest BCUT2D eigenvalue weighted by atomic mass is 19.1. The van der Waals surface area contributed by atoms with Crippen molar-refractivity contribution in [1.82, 2.24) is 0 Å². The van der Waals surface area contributed by atoms with Gasteiger partial charge in [0.1, 0.15) is 0 Å². The summed E-state index contributed by atoms with van der Waals surface area (Å²) in [5, 5.41) is 17.2. The molecule has 1 aromatic rings. The van der Waals surface area contributed by atoms with Crippen LogP contribution in [0.5, 0.6) is 5.75 Å². The summed E-state index contributed by atoms with van der Waals surface area (Å²) < 4.78 is 17.9. The van der Waals surface area contributed by atoms with E-state index in [0.717, 1.165) is 6.07 Å². The van der Waals surface area contributed by atoms with Gasteiger partial charge < -0.3 is 4.74 Å². The minimum atomic E-state index is -0.559. The van der Waals surface area contributed by atoms with Gasteiger partial charge in [-0.25, -0.2) is 4.39 Å². The van der Waals surface area contributed by atoms with E-state index in [4.69, 9.17) is 15.3 Å². The summed E-state index contributed by atoms with van der Waals surface area (Å²) in [4.78, 5) is 0. The first-order valence-electron chi connectivity index (χ1n) is 3.87. The summed E-state index contributed by atoms with van der Waals surface area (Å²) in [6.07, 6.45) is -0.0379. The molecule has 70 valence electrons. The van der Waals surface area contributed by atoms with E-state index < -0.39 is 5.82 Å². The van der Waals surface area contributed by atoms with Crippen molar-refractivity contribution in [3.8, 4) is 17.9 Å². The number of hydrogen-bond acceptors (Lipinski definition) is 3. The summed E-state index contributed by atoms with van der Waals surface area (Å²) >= 11 is 0. The number of hydrogen-bond donors (Lipinski definition) is 0. The Morgan fingerprint density at radius 2 is 2.14 bits per heavy atom. The van der Waals surface area contributed by atoms with E-state index in [1.54, 1.807) is 0 Å². The predicted octanol–water partition coefficient (Wildman–Crippen LogP) is 1.77. The molecule has 0 bridgehead atoms. The number of benzene rings is 1. The lowest BCUT2D eigenvalue weighted by molar-refractivity contribution is 0.382. The van der Waals surface area contributed by atoms with Crippen LogP contribution in [-0.4, -0.2) is 7.11 Å². The van der Waals surface area contributed by atoms with E-state index in [-0.39, 0.29) is 17.7 Å². The van der Waals surface area contributed by atoms with E-state index >= 15 is 0 Å². The first-order chi connectivity index (χ1) is 6.74. The van der Waals surface area contributed by atoms with Crippen LogP contribution in [0.2, 0.25) is 0 Å². The van der Waals surface area contributed by atoms with Crippen molar-refractivity contribution in [3.63, 3.8) is 0 Å². The third-order valence-corrected chi connectivity index (χ3v) is 1.79. The van der Waals surface area contributed by atoms with Crippen LogP contribution in [0.1, 0.15) is 11.1 Å². The van der Waals surface area contributed by atoms with Crippen molar-refractivity contribution < 1.29 is 9.13 Å². The molecule has 3 nitrogen and oxygen atoms in total. The molecule has 4 heteroatoms. The molecule has 0 atom stereocenters. The fraction of sp³-hybridized carbons (Fsp3) is 0.200. The van der Waals surface area contributed by atoms with Gasteiger partial charge in [0.25, 0.3) is 0 Å². The van der Waals surface area contributed by atoms with Gasteiger partial charge in [-0.3, -0.25) is 0 Å². The van der Waals surface area contributed by atoms with Gasteiger partial charge in [0, 0.05) is 5.56 Å². The summed E-state index contributed by atoms with van der Waals surface area (Å²) in [6.45, 7) is 0. The molecule has 0 aliphatic carbocycles. The molecular formula is C10H7FN2O. The molecular weight excluding hydrogens is 183 g/mol. The van der Waals surface area contributed by atoms with Crippen LogP contribution in [0.4, 0.5) is 4.39 Å². The van der Waals surface area contributed by atoms with Crippen LogP contribution in [0.15, 0.2) is 12.1 Å². The Balaban J connectivity index is 3.39. The molecule has 0 unspecified atom stereocenters. The predicted molar refractivity (Wildman–Crippen MR) is 47.0 cm³/mol. The number of ether oxygens (including phenoxy) is 1. The molecule has 1 aromatic carbocycles. The highest BCUT2D eigenvalue weighted by Crippen LogP contribution is 2.25. The van der Waals surface area contributed by atoms with Gasteiger partial charge in [-0.05, 0) is 12.1 Å². The lowest BCUT2D eigenvalue weighted by Crippen LogP contribution is -1.98. The molecule has 0 amide bonds. The van der Waals surface area contributed by atoms with Gasteiger partial charge in [0.05, 0.1) is 31.2 Å². The highest BCUT2D eigenvalue weighted by molar-refractivity contribution is 5.48. The Labute approximate surface area is 81.0 Å². The summed E-state index contributed by atoms with van der Waals surface area (Å²) in [7, 11) is 1.31. The third-order valence-electron chi connectivity index (χ3n) is 1.79. The smallest absolute Gasteiger partial charge is 0.165 e. The van der Waals surface area contributed by atoms with Crippen LogP contribution in [0.3, 0.4) is 0 Å². The zero-order valence-electron chi connectivity index (χ0n) is 7.54. The Bertz CT molecular complexity index is 429. The number of nitrogens with zero attached hydrogens (tertiary/aromatic N) is 2. The molecule has 0 radical (unpaired) electrons. The summed E-state index contributed by atoms with van der Waals surface area (Å²) in [6, 6.07) is 6.24. The normalized spacial score (nSPS) is 8.86. The first kappa shape index (κ1) is 10.0. The van der Waals surface area contributed by atoms with E-state index in [2.05, 4.69) is 0 Å². The van der Waals surface area contributed by atoms with Gasteiger partial charge in [-0.2, -0.15) is 10.5 Å². The summed E-state index contributed by atoms with van der Waals surface area (Å²) in [5.74, 6) is -0.581. The maximum atomic E-state index is 13.1. The number of halogens is 1. The molecule has 0 N–H and O–H groups in total. The molecule has 14 heavy (non-hydrogen) atoms. The van der Waals surface area contributed by atoms with Crippen LogP contribution < -0.4 is 4.74 Å². The van der Waals surface area contributed by atoms with Gasteiger partial charge in [-0.15, -0.1) is 0 Å². The highest BCUT2D eigenvalue weighted by Gasteiger charge is 2.13. The van der Waals surface area contributed by atoms with Crippen molar-refractivity contribution in [1.29, 1.82) is 10.5 Å². The average Bonchev–Trinajstić information content (AvgIpc) is 2.19. The molecule has 0 aromatic heterocycles. The SMILES string of the molecule is COc1c(F)ccc(C#N)c1CC#N. The van der Waals surface area contributed by atoms with E-state index in [9.17, 15) is 4.39 Å². The van der Waals surface area contributed by atoms with Crippen LogP contribution in [0, 0.1) is 28.5 Å². The lowest BCUT2D eigenvalue weighted by atomic mass is 10.0. The van der Waals surface area contributed by atoms with Crippen molar-refractivity contribution in [2.45, 2.75) is 6.42 Å². The van der Waals surface area contributed by atoms with Gasteiger partial charge in [0.2, 0.25) is 0 Å². The molecule has 0 fully saturated rings. The monoisotopic (exact) mass is 190 g/mol. The molecule has 0 heterocycles. The molecule has 0 saturated heterocycles. The number of nitriles is 2. The van der Waals surface area contributed by atoms with Crippen molar-refractivity contribution in [2.75, 3.05) is 7.11 Å². The van der Waals surface area contributed by atoms with Crippen LogP contribution in [0.25, 0.3) is 0 Å². The topological polar surface area (TPSA) is 56.8 Å². The maximum Gasteiger partial charge on any atom is 0.165 e. The molecule has 0 spiro atoms. The van der Waals surface area contributed by atoms with E-state index in [1.165, 1.54) is 13.2 Å². The fourth-order valence-corrected chi connectivity index (χ4v) is 1.18. The zero-order chi connectivity index (χ0) is 10.6. The largest absolute Gasteiger partial charge is 0.493 e. The van der Waals surface area contributed by atoms with Gasteiger partial charge >= 0.3 is 0 Å². The average molecular weight is 190 g/mol. The van der Waals surface area contributed by atoms with E-state index in [0.29, 0.717) is 5.56 Å².